The van der Waals surface area contributed by atoms with Crippen molar-refractivity contribution in [3.05, 3.63) is 69.7 Å². The first-order chi connectivity index (χ1) is 11.6. The average Bonchev–Trinajstić information content (AvgIpc) is 2.89. The van der Waals surface area contributed by atoms with Crippen molar-refractivity contribution in [2.24, 2.45) is 10.2 Å². The predicted octanol–water partition coefficient (Wildman–Crippen LogP) is 4.16. The average molecular weight is 378 g/mol. The summed E-state index contributed by atoms with van der Waals surface area (Å²) in [6.07, 6.45) is 2.21. The molecule has 0 spiro atoms. The van der Waals surface area contributed by atoms with Crippen LogP contribution in [0, 0.1) is 0 Å². The molecular weight excluding hydrogens is 365 g/mol. The van der Waals surface area contributed by atoms with Gasteiger partial charge in [0.2, 0.25) is 5.91 Å². The lowest BCUT2D eigenvalue weighted by Gasteiger charge is -2.05. The molecule has 1 heterocycles. The number of halogens is 2. The van der Waals surface area contributed by atoms with Crippen LogP contribution in [0.2, 0.25) is 10.0 Å². The number of benzene rings is 2. The molecule has 1 atom stereocenters. The molecular formula is C17H13Cl2N3OS. The van der Waals surface area contributed by atoms with Gasteiger partial charge in [-0.25, -0.2) is 0 Å². The Kier molecular flexibility index (Phi) is 5.56. The van der Waals surface area contributed by atoms with Crippen LogP contribution in [0.4, 0.5) is 0 Å². The fraction of sp³-hybridized carbons (Fsp3) is 0.118. The SMILES string of the molecule is O=C1N/C(=N\N=Cc2ccc(Cl)cc2)SC1Cc1cccc(Cl)c1. The van der Waals surface area contributed by atoms with E-state index in [1.165, 1.54) is 11.8 Å². The first-order valence-electron chi connectivity index (χ1n) is 7.19. The molecule has 0 aliphatic carbocycles. The van der Waals surface area contributed by atoms with Gasteiger partial charge < -0.3 is 5.32 Å². The van der Waals surface area contributed by atoms with Crippen LogP contribution in [0.1, 0.15) is 11.1 Å². The Hall–Kier alpha value is -1.82. The zero-order valence-electron chi connectivity index (χ0n) is 12.4. The summed E-state index contributed by atoms with van der Waals surface area (Å²) in [5, 5.41) is 12.4. The summed E-state index contributed by atoms with van der Waals surface area (Å²) in [5.74, 6) is -0.0691. The fourth-order valence-electron chi connectivity index (χ4n) is 2.16. The molecule has 7 heteroatoms. The maximum atomic E-state index is 12.0. The highest BCUT2D eigenvalue weighted by atomic mass is 35.5. The van der Waals surface area contributed by atoms with E-state index in [1.807, 2.05) is 36.4 Å². The first kappa shape index (κ1) is 17.0. The topological polar surface area (TPSA) is 53.8 Å². The van der Waals surface area contributed by atoms with Gasteiger partial charge in [0.1, 0.15) is 0 Å². The zero-order chi connectivity index (χ0) is 16.9. The second-order valence-corrected chi connectivity index (χ2v) is 7.20. The highest BCUT2D eigenvalue weighted by Crippen LogP contribution is 2.24. The highest BCUT2D eigenvalue weighted by Gasteiger charge is 2.30. The molecule has 0 bridgehead atoms. The molecule has 122 valence electrons. The second-order valence-electron chi connectivity index (χ2n) is 5.13. The van der Waals surface area contributed by atoms with Crippen molar-refractivity contribution in [3.63, 3.8) is 0 Å². The molecule has 1 fully saturated rings. The lowest BCUT2D eigenvalue weighted by Crippen LogP contribution is -2.25. The number of amides is 1. The van der Waals surface area contributed by atoms with Crippen LogP contribution in [-0.4, -0.2) is 22.5 Å². The van der Waals surface area contributed by atoms with Gasteiger partial charge in [0.05, 0.1) is 11.5 Å². The van der Waals surface area contributed by atoms with E-state index < -0.39 is 0 Å². The van der Waals surface area contributed by atoms with Crippen LogP contribution in [0.5, 0.6) is 0 Å². The molecule has 1 unspecified atom stereocenters. The van der Waals surface area contributed by atoms with Gasteiger partial charge in [-0.05, 0) is 41.8 Å². The molecule has 1 aliphatic rings. The molecule has 1 aliphatic heterocycles. The number of amidine groups is 1. The minimum absolute atomic E-state index is 0.0691. The van der Waals surface area contributed by atoms with Crippen molar-refractivity contribution < 1.29 is 4.79 Å². The number of nitrogens with one attached hydrogen (secondary N) is 1. The molecule has 1 N–H and O–H groups in total. The smallest absolute Gasteiger partial charge is 0.239 e. The van der Waals surface area contributed by atoms with Crippen LogP contribution in [0.3, 0.4) is 0 Å². The van der Waals surface area contributed by atoms with Crippen LogP contribution in [0.15, 0.2) is 58.7 Å². The number of carbonyl (C=O) groups excluding carboxylic acids is 1. The standard InChI is InChI=1S/C17H13Cl2N3OS/c18-13-6-4-11(5-7-13)10-20-22-17-21-16(23)15(24-17)9-12-2-1-3-14(19)8-12/h1-8,10,15H,9H2,(H,21,22,23). The third-order valence-electron chi connectivity index (χ3n) is 3.31. The van der Waals surface area contributed by atoms with E-state index in [0.29, 0.717) is 21.6 Å². The summed E-state index contributed by atoms with van der Waals surface area (Å²) in [6.45, 7) is 0. The Morgan fingerprint density at radius 2 is 1.92 bits per heavy atom. The molecule has 1 saturated heterocycles. The van der Waals surface area contributed by atoms with E-state index in [4.69, 9.17) is 23.2 Å². The van der Waals surface area contributed by atoms with Gasteiger partial charge in [0, 0.05) is 10.0 Å². The third-order valence-corrected chi connectivity index (χ3v) is 4.87. The van der Waals surface area contributed by atoms with Crippen LogP contribution in [-0.2, 0) is 11.2 Å². The Labute approximate surface area is 154 Å². The van der Waals surface area contributed by atoms with E-state index in [9.17, 15) is 4.79 Å². The van der Waals surface area contributed by atoms with Gasteiger partial charge in [-0.15, -0.1) is 5.10 Å². The molecule has 3 rings (SSSR count). The van der Waals surface area contributed by atoms with E-state index in [-0.39, 0.29) is 11.2 Å². The lowest BCUT2D eigenvalue weighted by molar-refractivity contribution is -0.118. The summed E-state index contributed by atoms with van der Waals surface area (Å²) in [4.78, 5) is 12.0. The third kappa shape index (κ3) is 4.60. The Morgan fingerprint density at radius 1 is 1.12 bits per heavy atom. The maximum Gasteiger partial charge on any atom is 0.239 e. The lowest BCUT2D eigenvalue weighted by atomic mass is 10.1. The van der Waals surface area contributed by atoms with E-state index >= 15 is 0 Å². The molecule has 0 saturated carbocycles. The molecule has 4 nitrogen and oxygen atoms in total. The van der Waals surface area contributed by atoms with Crippen molar-refractivity contribution in [2.75, 3.05) is 0 Å². The van der Waals surface area contributed by atoms with Crippen molar-refractivity contribution in [1.82, 2.24) is 5.32 Å². The molecule has 2 aromatic rings. The van der Waals surface area contributed by atoms with Gasteiger partial charge in [0.15, 0.2) is 5.17 Å². The number of nitrogens with zero attached hydrogens (tertiary/aromatic N) is 2. The van der Waals surface area contributed by atoms with Crippen molar-refractivity contribution in [1.29, 1.82) is 0 Å². The molecule has 24 heavy (non-hydrogen) atoms. The number of thioether (sulfide) groups is 1. The molecule has 0 radical (unpaired) electrons. The second kappa shape index (κ2) is 7.83. The van der Waals surface area contributed by atoms with E-state index in [1.54, 1.807) is 18.3 Å². The highest BCUT2D eigenvalue weighted by molar-refractivity contribution is 8.15. The van der Waals surface area contributed by atoms with Crippen LogP contribution >= 0.6 is 35.0 Å². The molecule has 2 aromatic carbocycles. The predicted molar refractivity (Wildman–Crippen MR) is 101 cm³/mol. The van der Waals surface area contributed by atoms with Crippen molar-refractivity contribution in [2.45, 2.75) is 11.7 Å². The fourth-order valence-corrected chi connectivity index (χ4v) is 3.47. The minimum Gasteiger partial charge on any atom is -0.303 e. The summed E-state index contributed by atoms with van der Waals surface area (Å²) in [6, 6.07) is 14.7. The molecule has 1 amide bonds. The summed E-state index contributed by atoms with van der Waals surface area (Å²) in [7, 11) is 0. The number of carbonyl (C=O) groups is 1. The van der Waals surface area contributed by atoms with E-state index in [2.05, 4.69) is 15.5 Å². The van der Waals surface area contributed by atoms with Gasteiger partial charge in [0.25, 0.3) is 0 Å². The molecule has 0 aromatic heterocycles. The Bertz CT molecular complexity index is 806. The van der Waals surface area contributed by atoms with Gasteiger partial charge >= 0.3 is 0 Å². The normalized spacial score (nSPS) is 19.2. The van der Waals surface area contributed by atoms with Gasteiger partial charge in [-0.1, -0.05) is 59.2 Å². The summed E-state index contributed by atoms with van der Waals surface area (Å²) >= 11 is 13.2. The zero-order valence-corrected chi connectivity index (χ0v) is 14.8. The van der Waals surface area contributed by atoms with Crippen molar-refractivity contribution in [3.8, 4) is 0 Å². The van der Waals surface area contributed by atoms with Crippen LogP contribution in [0.25, 0.3) is 0 Å². The number of hydrogen-bond acceptors (Lipinski definition) is 4. The Morgan fingerprint density at radius 3 is 2.67 bits per heavy atom. The van der Waals surface area contributed by atoms with Gasteiger partial charge in [-0.2, -0.15) is 5.10 Å². The maximum absolute atomic E-state index is 12.0. The number of hydrogen-bond donors (Lipinski definition) is 1. The van der Waals surface area contributed by atoms with Crippen molar-refractivity contribution >= 4 is 52.3 Å². The largest absolute Gasteiger partial charge is 0.303 e. The minimum atomic E-state index is -0.229. The number of rotatable bonds is 4. The Balaban J connectivity index is 1.62. The monoisotopic (exact) mass is 377 g/mol. The van der Waals surface area contributed by atoms with E-state index in [0.717, 1.165) is 11.1 Å². The quantitative estimate of drug-likeness (QED) is 0.642. The van der Waals surface area contributed by atoms with Crippen LogP contribution < -0.4 is 5.32 Å². The van der Waals surface area contributed by atoms with Gasteiger partial charge in [-0.3, -0.25) is 4.79 Å². The summed E-state index contributed by atoms with van der Waals surface area (Å²) in [5.41, 5.74) is 1.90. The summed E-state index contributed by atoms with van der Waals surface area (Å²) < 4.78 is 0. The first-order valence-corrected chi connectivity index (χ1v) is 8.82.